The summed E-state index contributed by atoms with van der Waals surface area (Å²) in [5.74, 6) is 0.692. The maximum Gasteiger partial charge on any atom is 0.245 e. The van der Waals surface area contributed by atoms with Gasteiger partial charge in [0.15, 0.2) is 0 Å². The number of benzene rings is 2. The van der Waals surface area contributed by atoms with E-state index in [0.29, 0.717) is 17.8 Å². The van der Waals surface area contributed by atoms with Crippen molar-refractivity contribution in [1.29, 1.82) is 0 Å². The van der Waals surface area contributed by atoms with Gasteiger partial charge in [-0.3, -0.25) is 9.59 Å². The first-order valence-corrected chi connectivity index (χ1v) is 13.8. The van der Waals surface area contributed by atoms with E-state index >= 15 is 0 Å². The van der Waals surface area contributed by atoms with Crippen LogP contribution < -0.4 is 16.0 Å². The minimum atomic E-state index is -0.354. The average Bonchev–Trinajstić information content (AvgIpc) is 3.57. The van der Waals surface area contributed by atoms with E-state index in [1.54, 1.807) is 13.1 Å². The van der Waals surface area contributed by atoms with Crippen molar-refractivity contribution in [2.24, 2.45) is 5.92 Å². The molecule has 0 spiro atoms. The van der Waals surface area contributed by atoms with Crippen LogP contribution in [0.5, 0.6) is 5.75 Å². The SMILES string of the molecule is CN[C@@H](C)C(=O)NC(C(=O)N1CCC2NCCC21)C1CCCCC1.Oc1ccccc1-c1ccccc1. The number of amides is 2. The molecule has 7 heteroatoms. The van der Waals surface area contributed by atoms with Crippen LogP contribution in [0.3, 0.4) is 0 Å². The van der Waals surface area contributed by atoms with Gasteiger partial charge in [-0.05, 0) is 63.7 Å². The van der Waals surface area contributed by atoms with Crippen molar-refractivity contribution < 1.29 is 14.7 Å². The minimum Gasteiger partial charge on any atom is -0.507 e. The number of para-hydroxylation sites is 1. The van der Waals surface area contributed by atoms with Crippen LogP contribution in [-0.4, -0.2) is 66.1 Å². The molecule has 37 heavy (non-hydrogen) atoms. The van der Waals surface area contributed by atoms with Crippen molar-refractivity contribution in [3.8, 4) is 16.9 Å². The largest absolute Gasteiger partial charge is 0.507 e. The van der Waals surface area contributed by atoms with Crippen LogP contribution in [0.25, 0.3) is 11.1 Å². The molecule has 2 aromatic rings. The molecule has 2 amide bonds. The zero-order chi connectivity index (χ0) is 26.2. The molecule has 2 saturated heterocycles. The highest BCUT2D eigenvalue weighted by Gasteiger charge is 2.43. The molecule has 3 unspecified atom stereocenters. The Hall–Kier alpha value is -2.90. The Morgan fingerprint density at radius 3 is 2.38 bits per heavy atom. The third kappa shape index (κ3) is 6.70. The van der Waals surface area contributed by atoms with Crippen LogP contribution in [0, 0.1) is 5.92 Å². The monoisotopic (exact) mass is 506 g/mol. The first-order valence-electron chi connectivity index (χ1n) is 13.8. The van der Waals surface area contributed by atoms with Gasteiger partial charge in [0.05, 0.1) is 6.04 Å². The molecular formula is C30H42N4O3. The van der Waals surface area contributed by atoms with Gasteiger partial charge in [-0.15, -0.1) is 0 Å². The topological polar surface area (TPSA) is 93.7 Å². The fourth-order valence-corrected chi connectivity index (χ4v) is 5.91. The summed E-state index contributed by atoms with van der Waals surface area (Å²) >= 11 is 0. The molecule has 2 aromatic carbocycles. The number of hydrogen-bond acceptors (Lipinski definition) is 5. The van der Waals surface area contributed by atoms with Crippen molar-refractivity contribution in [2.45, 2.75) is 76.0 Å². The third-order valence-corrected chi connectivity index (χ3v) is 8.18. The van der Waals surface area contributed by atoms with E-state index < -0.39 is 0 Å². The molecule has 2 heterocycles. The van der Waals surface area contributed by atoms with Gasteiger partial charge in [0.1, 0.15) is 11.8 Å². The van der Waals surface area contributed by atoms with E-state index in [9.17, 15) is 14.7 Å². The molecule has 4 N–H and O–H groups in total. The van der Waals surface area contributed by atoms with E-state index in [4.69, 9.17) is 0 Å². The lowest BCUT2D eigenvalue weighted by atomic mass is 9.83. The Kier molecular flexibility index (Phi) is 9.58. The number of phenolic OH excluding ortho intramolecular Hbond substituents is 1. The minimum absolute atomic E-state index is 0.0679. The number of rotatable bonds is 6. The van der Waals surface area contributed by atoms with Gasteiger partial charge >= 0.3 is 0 Å². The normalized spacial score (nSPS) is 22.9. The van der Waals surface area contributed by atoms with Crippen LogP contribution in [0.15, 0.2) is 54.6 Å². The summed E-state index contributed by atoms with van der Waals surface area (Å²) in [7, 11) is 1.77. The fraction of sp³-hybridized carbons (Fsp3) is 0.533. The molecular weight excluding hydrogens is 464 g/mol. The highest BCUT2D eigenvalue weighted by molar-refractivity contribution is 5.90. The van der Waals surface area contributed by atoms with Crippen LogP contribution in [-0.2, 0) is 9.59 Å². The van der Waals surface area contributed by atoms with Crippen LogP contribution in [0.2, 0.25) is 0 Å². The van der Waals surface area contributed by atoms with E-state index in [1.165, 1.54) is 19.3 Å². The summed E-state index contributed by atoms with van der Waals surface area (Å²) in [5.41, 5.74) is 1.92. The molecule has 1 aliphatic carbocycles. The quantitative estimate of drug-likeness (QED) is 0.480. The molecule has 0 bridgehead atoms. The summed E-state index contributed by atoms with van der Waals surface area (Å²) in [6.45, 7) is 3.66. The van der Waals surface area contributed by atoms with Gasteiger partial charge in [0.2, 0.25) is 11.8 Å². The zero-order valence-corrected chi connectivity index (χ0v) is 22.2. The maximum absolute atomic E-state index is 13.3. The first-order chi connectivity index (χ1) is 18.0. The standard InChI is InChI=1S/C18H32N4O2.C12H10O/c1-12(19-2)17(23)21-16(13-6-4-3-5-7-13)18(24)22-11-9-14-15(22)8-10-20-14;13-12-9-5-4-8-11(12)10-6-2-1-3-7-10/h12-16,19-20H,3-11H2,1-2H3,(H,21,23);1-9,13H/t12-,14?,15?,16?;/m0./s1. The number of nitrogens with zero attached hydrogens (tertiary/aromatic N) is 1. The van der Waals surface area contributed by atoms with Gasteiger partial charge in [-0.25, -0.2) is 0 Å². The lowest BCUT2D eigenvalue weighted by molar-refractivity contribution is -0.139. The first kappa shape index (κ1) is 27.1. The van der Waals surface area contributed by atoms with Crippen molar-refractivity contribution in [3.63, 3.8) is 0 Å². The van der Waals surface area contributed by atoms with E-state index in [0.717, 1.165) is 49.9 Å². The molecule has 200 valence electrons. The average molecular weight is 507 g/mol. The Labute approximate surface area is 221 Å². The second-order valence-corrected chi connectivity index (χ2v) is 10.5. The number of nitrogens with one attached hydrogen (secondary N) is 3. The van der Waals surface area contributed by atoms with Gasteiger partial charge in [-0.1, -0.05) is 67.8 Å². The summed E-state index contributed by atoms with van der Waals surface area (Å²) in [6, 6.07) is 17.3. The van der Waals surface area contributed by atoms with Crippen LogP contribution in [0.4, 0.5) is 0 Å². The number of hydrogen-bond donors (Lipinski definition) is 4. The Bertz CT molecular complexity index is 1020. The number of carbonyl (C=O) groups is 2. The number of fused-ring (bicyclic) bond motifs is 1. The molecule has 2 aliphatic heterocycles. The fourth-order valence-electron chi connectivity index (χ4n) is 5.91. The Balaban J connectivity index is 0.000000207. The molecule has 4 atom stereocenters. The molecule has 5 rings (SSSR count). The second kappa shape index (κ2) is 13.1. The van der Waals surface area contributed by atoms with Gasteiger partial charge in [-0.2, -0.15) is 0 Å². The predicted octanol–water partition coefficient (Wildman–Crippen LogP) is 3.68. The van der Waals surface area contributed by atoms with E-state index in [2.05, 4.69) is 16.0 Å². The summed E-state index contributed by atoms with van der Waals surface area (Å²) in [5, 5.41) is 19.1. The van der Waals surface area contributed by atoms with Crippen molar-refractivity contribution in [3.05, 3.63) is 54.6 Å². The number of likely N-dealkylation sites (N-methyl/N-ethyl adjacent to an activating group) is 1. The number of likely N-dealkylation sites (tertiary alicyclic amines) is 1. The lowest BCUT2D eigenvalue weighted by Gasteiger charge is -2.35. The smallest absolute Gasteiger partial charge is 0.245 e. The second-order valence-electron chi connectivity index (χ2n) is 10.5. The molecule has 0 aromatic heterocycles. The highest BCUT2D eigenvalue weighted by atomic mass is 16.3. The summed E-state index contributed by atoms with van der Waals surface area (Å²) in [6.07, 6.45) is 7.74. The molecule has 3 aliphatic rings. The van der Waals surface area contributed by atoms with Crippen molar-refractivity contribution >= 4 is 11.8 Å². The number of aromatic hydroxyl groups is 1. The van der Waals surface area contributed by atoms with Crippen molar-refractivity contribution in [1.82, 2.24) is 20.9 Å². The molecule has 3 fully saturated rings. The summed E-state index contributed by atoms with van der Waals surface area (Å²) in [4.78, 5) is 27.8. The Morgan fingerprint density at radius 2 is 1.68 bits per heavy atom. The van der Waals surface area contributed by atoms with Crippen LogP contribution in [0.1, 0.15) is 51.9 Å². The number of phenols is 1. The summed E-state index contributed by atoms with van der Waals surface area (Å²) < 4.78 is 0. The Morgan fingerprint density at radius 1 is 0.973 bits per heavy atom. The predicted molar refractivity (Wildman–Crippen MR) is 147 cm³/mol. The molecule has 7 nitrogen and oxygen atoms in total. The van der Waals surface area contributed by atoms with Crippen LogP contribution >= 0.6 is 0 Å². The zero-order valence-electron chi connectivity index (χ0n) is 22.2. The van der Waals surface area contributed by atoms with E-state index in [1.807, 2.05) is 60.4 Å². The molecule has 1 saturated carbocycles. The van der Waals surface area contributed by atoms with Gasteiger partial charge < -0.3 is 26.0 Å². The lowest BCUT2D eigenvalue weighted by Crippen LogP contribution is -2.56. The van der Waals surface area contributed by atoms with Gasteiger partial charge in [0.25, 0.3) is 0 Å². The van der Waals surface area contributed by atoms with Gasteiger partial charge in [0, 0.05) is 24.2 Å². The molecule has 0 radical (unpaired) electrons. The number of carbonyl (C=O) groups excluding carboxylic acids is 2. The van der Waals surface area contributed by atoms with E-state index in [-0.39, 0.29) is 29.8 Å². The maximum atomic E-state index is 13.3. The highest BCUT2D eigenvalue weighted by Crippen LogP contribution is 2.31. The third-order valence-electron chi connectivity index (χ3n) is 8.18. The van der Waals surface area contributed by atoms with Crippen molar-refractivity contribution in [2.75, 3.05) is 20.1 Å².